The third-order valence-electron chi connectivity index (χ3n) is 5.31. The summed E-state index contributed by atoms with van der Waals surface area (Å²) in [6.45, 7) is 2.46. The van der Waals surface area contributed by atoms with Crippen molar-refractivity contribution in [3.05, 3.63) is 81.2 Å². The van der Waals surface area contributed by atoms with Crippen molar-refractivity contribution in [3.8, 4) is 5.75 Å². The highest BCUT2D eigenvalue weighted by Gasteiger charge is 2.31. The van der Waals surface area contributed by atoms with Crippen LogP contribution in [-0.2, 0) is 16.0 Å². The van der Waals surface area contributed by atoms with Crippen LogP contribution in [-0.4, -0.2) is 39.7 Å². The molecular formula is C26H25N3O3S3. The molecule has 2 heterocycles. The molecule has 0 aliphatic carbocycles. The summed E-state index contributed by atoms with van der Waals surface area (Å²) in [5.41, 5.74) is 3.31. The molecule has 0 spiro atoms. The number of carbonyl (C=O) groups excluding carboxylic acids is 2. The van der Waals surface area contributed by atoms with Crippen molar-refractivity contribution in [1.29, 1.82) is 0 Å². The van der Waals surface area contributed by atoms with E-state index in [1.165, 1.54) is 34.2 Å². The van der Waals surface area contributed by atoms with E-state index >= 15 is 0 Å². The number of thiocarbonyl (C=S) groups is 1. The number of carbonyl (C=O) groups is 2. The summed E-state index contributed by atoms with van der Waals surface area (Å²) < 4.78 is 5.74. The molecule has 1 aromatic heterocycles. The highest BCUT2D eigenvalue weighted by atomic mass is 32.2. The lowest BCUT2D eigenvalue weighted by molar-refractivity contribution is -0.122. The van der Waals surface area contributed by atoms with E-state index in [4.69, 9.17) is 17.0 Å². The van der Waals surface area contributed by atoms with Gasteiger partial charge in [-0.1, -0.05) is 65.9 Å². The lowest BCUT2D eigenvalue weighted by Gasteiger charge is -2.13. The molecule has 0 bridgehead atoms. The average Bonchev–Trinajstić information content (AvgIpc) is 3.37. The molecule has 1 aliphatic rings. The average molecular weight is 524 g/mol. The predicted octanol–water partition coefficient (Wildman–Crippen LogP) is 5.67. The molecule has 1 aliphatic heterocycles. The standard InChI is InChI=1S/C26H25N3O3S3/c1-17-6-3-7-18(12-17)14-21-16-27-25(34-21)28-23(30)10-5-11-29-24(31)22(35-26(29)33)15-19-8-4-9-20(13-19)32-2/h3-4,6-9,12-13,15-16H,5,10-11,14H2,1-2H3,(H,27,28,30)/b22-15-. The summed E-state index contributed by atoms with van der Waals surface area (Å²) >= 11 is 8.15. The molecule has 180 valence electrons. The second kappa shape index (κ2) is 11.6. The van der Waals surface area contributed by atoms with Gasteiger partial charge in [-0.3, -0.25) is 14.5 Å². The molecule has 4 rings (SSSR count). The lowest BCUT2D eigenvalue weighted by atomic mass is 10.1. The van der Waals surface area contributed by atoms with Crippen LogP contribution in [0.1, 0.15) is 34.4 Å². The van der Waals surface area contributed by atoms with Gasteiger partial charge in [0.25, 0.3) is 5.91 Å². The first-order valence-corrected chi connectivity index (χ1v) is 13.1. The van der Waals surface area contributed by atoms with Gasteiger partial charge in [0, 0.05) is 30.5 Å². The zero-order valence-corrected chi connectivity index (χ0v) is 21.9. The number of rotatable bonds is 9. The van der Waals surface area contributed by atoms with Gasteiger partial charge in [0.15, 0.2) is 5.13 Å². The molecule has 6 nitrogen and oxygen atoms in total. The van der Waals surface area contributed by atoms with Crippen molar-refractivity contribution in [1.82, 2.24) is 9.88 Å². The molecular weight excluding hydrogens is 499 g/mol. The van der Waals surface area contributed by atoms with Crippen LogP contribution >= 0.6 is 35.3 Å². The molecule has 0 unspecified atom stereocenters. The number of benzene rings is 2. The normalized spacial score (nSPS) is 14.6. The van der Waals surface area contributed by atoms with E-state index in [1.807, 2.05) is 36.4 Å². The van der Waals surface area contributed by atoms with Gasteiger partial charge in [0.05, 0.1) is 12.0 Å². The molecule has 1 N–H and O–H groups in total. The zero-order valence-electron chi connectivity index (χ0n) is 19.4. The monoisotopic (exact) mass is 523 g/mol. The fraction of sp³-hybridized carbons (Fsp3) is 0.231. The molecule has 35 heavy (non-hydrogen) atoms. The Kier molecular flexibility index (Phi) is 8.33. The first kappa shape index (κ1) is 25.1. The number of aryl methyl sites for hydroxylation is 1. The number of nitrogens with one attached hydrogen (secondary N) is 1. The summed E-state index contributed by atoms with van der Waals surface area (Å²) in [6, 6.07) is 15.8. The number of methoxy groups -OCH3 is 1. The van der Waals surface area contributed by atoms with Gasteiger partial charge in [0.1, 0.15) is 10.1 Å². The molecule has 0 atom stereocenters. The van der Waals surface area contributed by atoms with Gasteiger partial charge >= 0.3 is 0 Å². The van der Waals surface area contributed by atoms with E-state index in [2.05, 4.69) is 35.4 Å². The van der Waals surface area contributed by atoms with Crippen LogP contribution in [0.25, 0.3) is 6.08 Å². The van der Waals surface area contributed by atoms with Crippen molar-refractivity contribution in [2.45, 2.75) is 26.2 Å². The minimum absolute atomic E-state index is 0.126. The molecule has 1 fully saturated rings. The van der Waals surface area contributed by atoms with Crippen LogP contribution in [0.15, 0.2) is 59.6 Å². The Balaban J connectivity index is 1.26. The maximum atomic E-state index is 12.8. The summed E-state index contributed by atoms with van der Waals surface area (Å²) in [6.07, 6.45) is 5.18. The van der Waals surface area contributed by atoms with Crippen molar-refractivity contribution in [2.75, 3.05) is 19.0 Å². The Morgan fingerprint density at radius 1 is 1.23 bits per heavy atom. The fourth-order valence-corrected chi connectivity index (χ4v) is 5.80. The van der Waals surface area contributed by atoms with Gasteiger partial charge in [-0.2, -0.15) is 0 Å². The molecule has 2 amide bonds. The van der Waals surface area contributed by atoms with E-state index in [0.29, 0.717) is 27.3 Å². The van der Waals surface area contributed by atoms with E-state index in [1.54, 1.807) is 18.2 Å². The van der Waals surface area contributed by atoms with E-state index in [0.717, 1.165) is 22.6 Å². The van der Waals surface area contributed by atoms with Crippen LogP contribution in [0.2, 0.25) is 0 Å². The fourth-order valence-electron chi connectivity index (χ4n) is 3.63. The van der Waals surface area contributed by atoms with Crippen LogP contribution in [0.3, 0.4) is 0 Å². The molecule has 3 aromatic rings. The summed E-state index contributed by atoms with van der Waals surface area (Å²) in [5.74, 6) is 0.463. The minimum Gasteiger partial charge on any atom is -0.497 e. The zero-order chi connectivity index (χ0) is 24.8. The number of ether oxygens (including phenoxy) is 1. The number of hydrogen-bond acceptors (Lipinski definition) is 7. The van der Waals surface area contributed by atoms with Crippen LogP contribution < -0.4 is 10.1 Å². The van der Waals surface area contributed by atoms with E-state index in [-0.39, 0.29) is 18.2 Å². The number of anilines is 1. The van der Waals surface area contributed by atoms with Gasteiger partial charge in [-0.25, -0.2) is 4.98 Å². The van der Waals surface area contributed by atoms with Crippen LogP contribution in [0.5, 0.6) is 5.75 Å². The third kappa shape index (κ3) is 6.78. The first-order chi connectivity index (χ1) is 16.9. The lowest BCUT2D eigenvalue weighted by Crippen LogP contribution is -2.29. The topological polar surface area (TPSA) is 71.5 Å². The van der Waals surface area contributed by atoms with Crippen LogP contribution in [0, 0.1) is 6.92 Å². The van der Waals surface area contributed by atoms with Crippen molar-refractivity contribution < 1.29 is 14.3 Å². The largest absolute Gasteiger partial charge is 0.497 e. The second-order valence-corrected chi connectivity index (χ2v) is 10.9. The van der Waals surface area contributed by atoms with Crippen molar-refractivity contribution >= 4 is 62.7 Å². The van der Waals surface area contributed by atoms with Crippen molar-refractivity contribution in [2.24, 2.45) is 0 Å². The quantitative estimate of drug-likeness (QED) is 0.288. The Morgan fingerprint density at radius 2 is 2.06 bits per heavy atom. The highest BCUT2D eigenvalue weighted by molar-refractivity contribution is 8.26. The summed E-state index contributed by atoms with van der Waals surface area (Å²) in [5, 5.41) is 3.45. The number of aromatic nitrogens is 1. The van der Waals surface area contributed by atoms with E-state index < -0.39 is 0 Å². The van der Waals surface area contributed by atoms with Gasteiger partial charge in [-0.15, -0.1) is 11.3 Å². The maximum absolute atomic E-state index is 12.8. The number of nitrogens with zero attached hydrogens (tertiary/aromatic N) is 2. The van der Waals surface area contributed by atoms with Crippen LogP contribution in [0.4, 0.5) is 5.13 Å². The molecule has 1 saturated heterocycles. The molecule has 2 aromatic carbocycles. The van der Waals surface area contributed by atoms with Gasteiger partial charge in [-0.05, 0) is 42.7 Å². The maximum Gasteiger partial charge on any atom is 0.266 e. The Hall–Kier alpha value is -3.01. The Morgan fingerprint density at radius 3 is 2.86 bits per heavy atom. The minimum atomic E-state index is -0.135. The summed E-state index contributed by atoms with van der Waals surface area (Å²) in [4.78, 5) is 32.8. The Bertz CT molecular complexity index is 1290. The Labute approximate surface area is 218 Å². The summed E-state index contributed by atoms with van der Waals surface area (Å²) in [7, 11) is 1.60. The molecule has 0 radical (unpaired) electrons. The smallest absolute Gasteiger partial charge is 0.266 e. The van der Waals surface area contributed by atoms with Crippen molar-refractivity contribution in [3.63, 3.8) is 0 Å². The number of hydrogen-bond donors (Lipinski definition) is 1. The number of amides is 2. The van der Waals surface area contributed by atoms with E-state index in [9.17, 15) is 9.59 Å². The molecule has 9 heteroatoms. The first-order valence-electron chi connectivity index (χ1n) is 11.1. The predicted molar refractivity (Wildman–Crippen MR) is 147 cm³/mol. The van der Waals surface area contributed by atoms with Gasteiger partial charge in [0.2, 0.25) is 5.91 Å². The third-order valence-corrected chi connectivity index (χ3v) is 7.60. The SMILES string of the molecule is COc1cccc(/C=C2\SC(=S)N(CCCC(=O)Nc3ncc(Cc4cccc(C)c4)s3)C2=O)c1. The number of thiazole rings is 1. The number of thioether (sulfide) groups is 1. The highest BCUT2D eigenvalue weighted by Crippen LogP contribution is 2.33. The molecule has 0 saturated carbocycles. The second-order valence-electron chi connectivity index (χ2n) is 8.06. The van der Waals surface area contributed by atoms with Gasteiger partial charge < -0.3 is 10.1 Å².